The van der Waals surface area contributed by atoms with Crippen molar-refractivity contribution in [3.05, 3.63) is 52.8 Å². The summed E-state index contributed by atoms with van der Waals surface area (Å²) in [6.45, 7) is 2.60. The Balaban J connectivity index is 1.71. The molecule has 1 amide bonds. The van der Waals surface area contributed by atoms with Crippen molar-refractivity contribution >= 4 is 29.0 Å². The lowest BCUT2D eigenvalue weighted by molar-refractivity contribution is -0.384. The van der Waals surface area contributed by atoms with Crippen molar-refractivity contribution in [1.82, 2.24) is 19.7 Å². The molecule has 0 fully saturated rings. The Kier molecular flexibility index (Phi) is 6.39. The largest absolute Gasteiger partial charge is 0.495 e. The van der Waals surface area contributed by atoms with Crippen LogP contribution in [0.15, 0.2) is 47.9 Å². The number of pyridine rings is 1. The molecule has 10 nitrogen and oxygen atoms in total. The summed E-state index contributed by atoms with van der Waals surface area (Å²) in [5.41, 5.74) is 0.982. The Hall–Kier alpha value is -3.47. The Morgan fingerprint density at radius 2 is 2.03 bits per heavy atom. The number of hydrogen-bond donors (Lipinski definition) is 1. The number of nitro benzene ring substituents is 1. The molecule has 2 aromatic heterocycles. The number of rotatable bonds is 8. The van der Waals surface area contributed by atoms with Gasteiger partial charge >= 0.3 is 0 Å². The van der Waals surface area contributed by atoms with Crippen LogP contribution in [0.3, 0.4) is 0 Å². The SMILES string of the molecule is CCn1c(SCC(=O)Nc2cc([N+](=O)[O-])ccc2OC)nnc1-c1ccncc1. The van der Waals surface area contributed by atoms with Crippen LogP contribution >= 0.6 is 11.8 Å². The summed E-state index contributed by atoms with van der Waals surface area (Å²) in [4.78, 5) is 26.8. The van der Waals surface area contributed by atoms with Crippen molar-refractivity contribution in [3.63, 3.8) is 0 Å². The summed E-state index contributed by atoms with van der Waals surface area (Å²) in [6, 6.07) is 7.69. The molecule has 11 heteroatoms. The van der Waals surface area contributed by atoms with Gasteiger partial charge in [-0.1, -0.05) is 11.8 Å². The third kappa shape index (κ3) is 4.69. The van der Waals surface area contributed by atoms with E-state index in [0.717, 1.165) is 5.56 Å². The minimum atomic E-state index is -0.534. The minimum absolute atomic E-state index is 0.0559. The lowest BCUT2D eigenvalue weighted by atomic mass is 10.2. The maximum atomic E-state index is 12.4. The van der Waals surface area contributed by atoms with E-state index in [4.69, 9.17) is 4.74 Å². The average molecular weight is 414 g/mol. The topological polar surface area (TPSA) is 125 Å². The summed E-state index contributed by atoms with van der Waals surface area (Å²) in [6.07, 6.45) is 3.35. The molecule has 0 saturated carbocycles. The van der Waals surface area contributed by atoms with E-state index < -0.39 is 4.92 Å². The molecule has 0 saturated heterocycles. The van der Waals surface area contributed by atoms with Crippen LogP contribution in [0, 0.1) is 10.1 Å². The number of thioether (sulfide) groups is 1. The molecule has 0 unspecified atom stereocenters. The molecule has 0 aliphatic carbocycles. The molecule has 2 heterocycles. The highest BCUT2D eigenvalue weighted by atomic mass is 32.2. The Morgan fingerprint density at radius 1 is 1.28 bits per heavy atom. The molecule has 3 rings (SSSR count). The first kappa shape index (κ1) is 20.3. The molecule has 0 radical (unpaired) electrons. The molecule has 0 aliphatic rings. The highest BCUT2D eigenvalue weighted by molar-refractivity contribution is 7.99. The number of benzene rings is 1. The van der Waals surface area contributed by atoms with Gasteiger partial charge in [0.2, 0.25) is 5.91 Å². The van der Waals surface area contributed by atoms with E-state index in [1.807, 2.05) is 23.6 Å². The van der Waals surface area contributed by atoms with E-state index in [1.165, 1.54) is 37.1 Å². The van der Waals surface area contributed by atoms with Crippen molar-refractivity contribution in [2.75, 3.05) is 18.2 Å². The number of nitrogens with zero attached hydrogens (tertiary/aromatic N) is 5. The first-order valence-electron chi connectivity index (χ1n) is 8.62. The molecule has 150 valence electrons. The fraction of sp³-hybridized carbons (Fsp3) is 0.222. The second kappa shape index (κ2) is 9.15. The van der Waals surface area contributed by atoms with Gasteiger partial charge in [0.05, 0.1) is 23.5 Å². The maximum Gasteiger partial charge on any atom is 0.271 e. The molecule has 3 aromatic rings. The number of nitro groups is 1. The van der Waals surface area contributed by atoms with Gasteiger partial charge in [0.15, 0.2) is 11.0 Å². The highest BCUT2D eigenvalue weighted by Gasteiger charge is 2.17. The third-order valence-electron chi connectivity index (χ3n) is 3.97. The highest BCUT2D eigenvalue weighted by Crippen LogP contribution is 2.29. The zero-order valence-corrected chi connectivity index (χ0v) is 16.5. The maximum absolute atomic E-state index is 12.4. The van der Waals surface area contributed by atoms with Gasteiger partial charge in [0.1, 0.15) is 5.75 Å². The van der Waals surface area contributed by atoms with Crippen molar-refractivity contribution in [3.8, 4) is 17.1 Å². The van der Waals surface area contributed by atoms with Crippen molar-refractivity contribution < 1.29 is 14.5 Å². The van der Waals surface area contributed by atoms with E-state index in [-0.39, 0.29) is 23.0 Å². The molecule has 0 bridgehead atoms. The van der Waals surface area contributed by atoms with Crippen LogP contribution in [0.1, 0.15) is 6.92 Å². The van der Waals surface area contributed by atoms with Crippen LogP contribution < -0.4 is 10.1 Å². The minimum Gasteiger partial charge on any atom is -0.495 e. The number of aromatic nitrogens is 4. The van der Waals surface area contributed by atoms with E-state index in [2.05, 4.69) is 20.5 Å². The van der Waals surface area contributed by atoms with Crippen molar-refractivity contribution in [2.24, 2.45) is 0 Å². The van der Waals surface area contributed by atoms with E-state index in [0.29, 0.717) is 23.3 Å². The molecule has 0 atom stereocenters. The Morgan fingerprint density at radius 3 is 2.69 bits per heavy atom. The predicted molar refractivity (Wildman–Crippen MR) is 108 cm³/mol. The number of carbonyl (C=O) groups excluding carboxylic acids is 1. The number of ether oxygens (including phenoxy) is 1. The fourth-order valence-electron chi connectivity index (χ4n) is 2.62. The van der Waals surface area contributed by atoms with Gasteiger partial charge in [0, 0.05) is 36.6 Å². The van der Waals surface area contributed by atoms with Gasteiger partial charge in [-0.2, -0.15) is 0 Å². The Labute approximate surface area is 170 Å². The molecule has 0 aliphatic heterocycles. The summed E-state index contributed by atoms with van der Waals surface area (Å²) >= 11 is 1.23. The lowest BCUT2D eigenvalue weighted by Gasteiger charge is -2.10. The summed E-state index contributed by atoms with van der Waals surface area (Å²) in [5.74, 6) is 0.745. The van der Waals surface area contributed by atoms with Crippen LogP contribution in [0.25, 0.3) is 11.4 Å². The van der Waals surface area contributed by atoms with Crippen molar-refractivity contribution in [1.29, 1.82) is 0 Å². The normalized spacial score (nSPS) is 10.6. The van der Waals surface area contributed by atoms with Crippen molar-refractivity contribution in [2.45, 2.75) is 18.6 Å². The summed E-state index contributed by atoms with van der Waals surface area (Å²) in [5, 5.41) is 22.6. The van der Waals surface area contributed by atoms with Gasteiger partial charge in [-0.05, 0) is 25.1 Å². The second-order valence-corrected chi connectivity index (χ2v) is 6.71. The fourth-order valence-corrected chi connectivity index (χ4v) is 3.42. The monoisotopic (exact) mass is 414 g/mol. The quantitative estimate of drug-likeness (QED) is 0.339. The molecule has 0 spiro atoms. The van der Waals surface area contributed by atoms with E-state index in [1.54, 1.807) is 12.4 Å². The number of amides is 1. The van der Waals surface area contributed by atoms with Gasteiger partial charge < -0.3 is 14.6 Å². The van der Waals surface area contributed by atoms with Crippen LogP contribution in [-0.4, -0.2) is 43.4 Å². The first-order valence-corrected chi connectivity index (χ1v) is 9.60. The average Bonchev–Trinajstić information content (AvgIpc) is 3.15. The molecule has 1 N–H and O–H groups in total. The smallest absolute Gasteiger partial charge is 0.271 e. The van der Waals surface area contributed by atoms with Gasteiger partial charge in [-0.15, -0.1) is 10.2 Å². The number of carbonyl (C=O) groups is 1. The number of methoxy groups -OCH3 is 1. The Bertz CT molecular complexity index is 1020. The molecular weight excluding hydrogens is 396 g/mol. The summed E-state index contributed by atoms with van der Waals surface area (Å²) in [7, 11) is 1.43. The van der Waals surface area contributed by atoms with E-state index >= 15 is 0 Å². The zero-order valence-electron chi connectivity index (χ0n) is 15.7. The predicted octanol–water partition coefficient (Wildman–Crippen LogP) is 3.01. The van der Waals surface area contributed by atoms with Crippen LogP contribution in [0.5, 0.6) is 5.75 Å². The number of hydrogen-bond acceptors (Lipinski definition) is 8. The number of non-ortho nitro benzene ring substituents is 1. The first-order chi connectivity index (χ1) is 14.0. The molecule has 29 heavy (non-hydrogen) atoms. The van der Waals surface area contributed by atoms with Gasteiger partial charge in [-0.25, -0.2) is 0 Å². The van der Waals surface area contributed by atoms with E-state index in [9.17, 15) is 14.9 Å². The molecular formula is C18H18N6O4S. The van der Waals surface area contributed by atoms with Gasteiger partial charge in [-0.3, -0.25) is 19.9 Å². The summed E-state index contributed by atoms with van der Waals surface area (Å²) < 4.78 is 7.06. The van der Waals surface area contributed by atoms with Crippen LogP contribution in [0.4, 0.5) is 11.4 Å². The standard InChI is InChI=1S/C18H18N6O4S/c1-3-23-17(12-6-8-19-9-7-12)21-22-18(23)29-11-16(25)20-14-10-13(24(26)27)4-5-15(14)28-2/h4-10H,3,11H2,1-2H3,(H,20,25). The third-order valence-corrected chi connectivity index (χ3v) is 4.94. The van der Waals surface area contributed by atoms with Crippen LogP contribution in [-0.2, 0) is 11.3 Å². The number of anilines is 1. The molecule has 1 aromatic carbocycles. The van der Waals surface area contributed by atoms with Gasteiger partial charge in [0.25, 0.3) is 5.69 Å². The zero-order chi connectivity index (χ0) is 20.8. The van der Waals surface area contributed by atoms with Crippen LogP contribution in [0.2, 0.25) is 0 Å². The second-order valence-electron chi connectivity index (χ2n) is 5.76. The lowest BCUT2D eigenvalue weighted by Crippen LogP contribution is -2.15. The number of nitrogens with one attached hydrogen (secondary N) is 1.